The van der Waals surface area contributed by atoms with Gasteiger partial charge in [0.05, 0.1) is 0 Å². The van der Waals surface area contributed by atoms with E-state index in [0.717, 1.165) is 38.6 Å². The number of nitrogens with zero attached hydrogens (tertiary/aromatic N) is 2. The molecule has 112 valence electrons. The number of rotatable bonds is 1. The molecule has 3 fully saturated rings. The van der Waals surface area contributed by atoms with E-state index in [9.17, 15) is 9.59 Å². The van der Waals surface area contributed by atoms with Crippen molar-refractivity contribution in [3.05, 3.63) is 0 Å². The van der Waals surface area contributed by atoms with Gasteiger partial charge in [-0.15, -0.1) is 0 Å². The van der Waals surface area contributed by atoms with Crippen LogP contribution in [0.15, 0.2) is 0 Å². The Morgan fingerprint density at radius 3 is 2.60 bits per heavy atom. The third-order valence-corrected chi connectivity index (χ3v) is 5.31. The molecule has 0 aromatic heterocycles. The van der Waals surface area contributed by atoms with Crippen molar-refractivity contribution in [1.29, 1.82) is 0 Å². The summed E-state index contributed by atoms with van der Waals surface area (Å²) in [5.41, 5.74) is 0. The predicted octanol–water partition coefficient (Wildman–Crippen LogP) is 2.18. The molecule has 3 rings (SSSR count). The highest BCUT2D eigenvalue weighted by Crippen LogP contribution is 2.31. The van der Waals surface area contributed by atoms with Gasteiger partial charge < -0.3 is 9.80 Å². The summed E-state index contributed by atoms with van der Waals surface area (Å²) in [5.74, 6) is 1.13. The summed E-state index contributed by atoms with van der Waals surface area (Å²) < 4.78 is 0. The van der Waals surface area contributed by atoms with E-state index in [2.05, 4.69) is 11.8 Å². The lowest BCUT2D eigenvalue weighted by atomic mass is 9.86. The lowest BCUT2D eigenvalue weighted by Gasteiger charge is -2.39. The highest BCUT2D eigenvalue weighted by atomic mass is 16.2. The number of amides is 2. The van der Waals surface area contributed by atoms with Crippen LogP contribution in [0.2, 0.25) is 0 Å². The Hall–Kier alpha value is -1.06. The smallest absolute Gasteiger partial charge is 0.245 e. The number of carbonyl (C=O) groups is 2. The van der Waals surface area contributed by atoms with Crippen molar-refractivity contribution < 1.29 is 9.59 Å². The molecular weight excluding hydrogens is 252 g/mol. The maximum absolute atomic E-state index is 12.9. The molecule has 0 spiro atoms. The molecule has 0 bridgehead atoms. The maximum Gasteiger partial charge on any atom is 0.245 e. The van der Waals surface area contributed by atoms with E-state index in [4.69, 9.17) is 0 Å². The van der Waals surface area contributed by atoms with E-state index in [0.29, 0.717) is 24.9 Å². The molecule has 0 aromatic carbocycles. The Bertz CT molecular complexity index is 396. The first kappa shape index (κ1) is 13.9. The summed E-state index contributed by atoms with van der Waals surface area (Å²) in [7, 11) is 0. The molecule has 2 heterocycles. The Labute approximate surface area is 121 Å². The standard InChI is InChI=1S/C16H26N2O2/c1-12-5-4-6-13(11-12)17-10-8-15(19)18-9-3-2-7-14(18)16(17)20/h12-14H,2-11H2,1H3. The molecule has 3 unspecified atom stereocenters. The first-order chi connectivity index (χ1) is 9.66. The molecule has 2 saturated heterocycles. The average Bonchev–Trinajstić information content (AvgIpc) is 2.58. The van der Waals surface area contributed by atoms with Gasteiger partial charge in [-0.05, 0) is 38.0 Å². The molecular formula is C16H26N2O2. The summed E-state index contributed by atoms with van der Waals surface area (Å²) in [6, 6.07) is 0.219. The van der Waals surface area contributed by atoms with Crippen molar-refractivity contribution in [3.63, 3.8) is 0 Å². The van der Waals surface area contributed by atoms with Crippen LogP contribution in [0, 0.1) is 5.92 Å². The molecule has 3 atom stereocenters. The van der Waals surface area contributed by atoms with Crippen LogP contribution in [0.1, 0.15) is 58.3 Å². The quantitative estimate of drug-likeness (QED) is 0.737. The van der Waals surface area contributed by atoms with Crippen molar-refractivity contribution in [1.82, 2.24) is 9.80 Å². The number of carbonyl (C=O) groups excluding carboxylic acids is 2. The van der Waals surface area contributed by atoms with Crippen LogP contribution in [0.25, 0.3) is 0 Å². The van der Waals surface area contributed by atoms with Crippen molar-refractivity contribution in [2.24, 2.45) is 5.92 Å². The molecule has 1 saturated carbocycles. The zero-order chi connectivity index (χ0) is 14.1. The predicted molar refractivity (Wildman–Crippen MR) is 77.1 cm³/mol. The fraction of sp³-hybridized carbons (Fsp3) is 0.875. The van der Waals surface area contributed by atoms with Crippen LogP contribution in [-0.4, -0.2) is 46.8 Å². The summed E-state index contributed by atoms with van der Waals surface area (Å²) in [6.07, 6.45) is 8.26. The second kappa shape index (κ2) is 5.74. The number of fused-ring (bicyclic) bond motifs is 1. The second-order valence-corrected chi connectivity index (χ2v) is 6.81. The zero-order valence-corrected chi connectivity index (χ0v) is 12.5. The van der Waals surface area contributed by atoms with Crippen LogP contribution in [0.3, 0.4) is 0 Å². The van der Waals surface area contributed by atoms with Gasteiger partial charge in [-0.25, -0.2) is 0 Å². The number of hydrogen-bond donors (Lipinski definition) is 0. The molecule has 2 aliphatic heterocycles. The van der Waals surface area contributed by atoms with Gasteiger partial charge >= 0.3 is 0 Å². The fourth-order valence-electron chi connectivity index (χ4n) is 4.20. The van der Waals surface area contributed by atoms with Gasteiger partial charge in [-0.3, -0.25) is 9.59 Å². The largest absolute Gasteiger partial charge is 0.337 e. The Morgan fingerprint density at radius 2 is 1.80 bits per heavy atom. The van der Waals surface area contributed by atoms with Crippen molar-refractivity contribution in [2.45, 2.75) is 70.4 Å². The highest BCUT2D eigenvalue weighted by Gasteiger charge is 2.40. The number of piperidine rings is 1. The van der Waals surface area contributed by atoms with Gasteiger partial charge in [-0.2, -0.15) is 0 Å². The lowest BCUT2D eigenvalue weighted by molar-refractivity contribution is -0.144. The van der Waals surface area contributed by atoms with E-state index < -0.39 is 0 Å². The molecule has 1 aliphatic carbocycles. The fourth-order valence-corrected chi connectivity index (χ4v) is 4.20. The van der Waals surface area contributed by atoms with Crippen LogP contribution >= 0.6 is 0 Å². The molecule has 2 amide bonds. The van der Waals surface area contributed by atoms with Gasteiger partial charge in [-0.1, -0.05) is 19.8 Å². The Morgan fingerprint density at radius 1 is 0.950 bits per heavy atom. The van der Waals surface area contributed by atoms with E-state index in [-0.39, 0.29) is 17.9 Å². The van der Waals surface area contributed by atoms with Gasteiger partial charge in [0.2, 0.25) is 11.8 Å². The minimum absolute atomic E-state index is 0.156. The van der Waals surface area contributed by atoms with E-state index in [1.165, 1.54) is 12.8 Å². The minimum Gasteiger partial charge on any atom is -0.337 e. The maximum atomic E-state index is 12.9. The SMILES string of the molecule is CC1CCCC(N2CCC(=O)N3CCCCC3C2=O)C1. The van der Waals surface area contributed by atoms with Crippen LogP contribution in [0.4, 0.5) is 0 Å². The molecule has 4 heteroatoms. The molecule has 20 heavy (non-hydrogen) atoms. The molecule has 0 radical (unpaired) electrons. The molecule has 0 aromatic rings. The monoisotopic (exact) mass is 278 g/mol. The van der Waals surface area contributed by atoms with E-state index >= 15 is 0 Å². The van der Waals surface area contributed by atoms with Crippen LogP contribution < -0.4 is 0 Å². The lowest BCUT2D eigenvalue weighted by Crippen LogP contribution is -2.52. The Kier molecular flexibility index (Phi) is 3.99. The Balaban J connectivity index is 1.78. The average molecular weight is 278 g/mol. The van der Waals surface area contributed by atoms with Gasteiger partial charge in [0, 0.05) is 25.6 Å². The van der Waals surface area contributed by atoms with Crippen LogP contribution in [-0.2, 0) is 9.59 Å². The van der Waals surface area contributed by atoms with Gasteiger partial charge in [0.25, 0.3) is 0 Å². The summed E-state index contributed by atoms with van der Waals surface area (Å²) in [4.78, 5) is 29.0. The highest BCUT2D eigenvalue weighted by molar-refractivity contribution is 5.90. The van der Waals surface area contributed by atoms with Crippen molar-refractivity contribution in [2.75, 3.05) is 13.1 Å². The van der Waals surface area contributed by atoms with Gasteiger partial charge in [0.1, 0.15) is 6.04 Å². The second-order valence-electron chi connectivity index (χ2n) is 6.81. The summed E-state index contributed by atoms with van der Waals surface area (Å²) >= 11 is 0. The van der Waals surface area contributed by atoms with Crippen molar-refractivity contribution >= 4 is 11.8 Å². The first-order valence-electron chi connectivity index (χ1n) is 8.27. The first-order valence-corrected chi connectivity index (χ1v) is 8.27. The third-order valence-electron chi connectivity index (χ3n) is 5.31. The van der Waals surface area contributed by atoms with E-state index in [1.807, 2.05) is 4.90 Å². The van der Waals surface area contributed by atoms with Gasteiger partial charge in [0.15, 0.2) is 0 Å². The van der Waals surface area contributed by atoms with Crippen molar-refractivity contribution in [3.8, 4) is 0 Å². The molecule has 4 nitrogen and oxygen atoms in total. The molecule has 3 aliphatic rings. The molecule has 0 N–H and O–H groups in total. The summed E-state index contributed by atoms with van der Waals surface area (Å²) in [6.45, 7) is 3.71. The topological polar surface area (TPSA) is 40.6 Å². The third kappa shape index (κ3) is 2.57. The minimum atomic E-state index is -0.156. The normalized spacial score (nSPS) is 35.8. The van der Waals surface area contributed by atoms with Crippen LogP contribution in [0.5, 0.6) is 0 Å². The summed E-state index contributed by atoms with van der Waals surface area (Å²) in [5, 5.41) is 0. The van der Waals surface area contributed by atoms with E-state index in [1.54, 1.807) is 0 Å². The number of hydrogen-bond acceptors (Lipinski definition) is 2. The zero-order valence-electron chi connectivity index (χ0n) is 12.5.